The van der Waals surface area contributed by atoms with E-state index in [4.69, 9.17) is 0 Å². The Morgan fingerprint density at radius 1 is 1.28 bits per heavy atom. The molecule has 1 aromatic heterocycles. The monoisotopic (exact) mass is 391 g/mol. The molecule has 5 heteroatoms. The van der Waals surface area contributed by atoms with Gasteiger partial charge in [0.05, 0.1) is 10.5 Å². The highest BCUT2D eigenvalue weighted by molar-refractivity contribution is 9.10. The molecule has 1 nitrogen and oxygen atoms in total. The van der Waals surface area contributed by atoms with Crippen LogP contribution in [0.1, 0.15) is 23.4 Å². The molecule has 0 bridgehead atoms. The van der Waals surface area contributed by atoms with Crippen LogP contribution in [0.4, 0.5) is 10.1 Å². The van der Waals surface area contributed by atoms with Gasteiger partial charge in [0.2, 0.25) is 0 Å². The van der Waals surface area contributed by atoms with Crippen LogP contribution in [-0.4, -0.2) is 0 Å². The third-order valence-electron chi connectivity index (χ3n) is 2.68. The quantitative estimate of drug-likeness (QED) is 0.686. The predicted octanol–water partition coefficient (Wildman–Crippen LogP) is 5.89. The summed E-state index contributed by atoms with van der Waals surface area (Å²) in [6.07, 6.45) is 0. The van der Waals surface area contributed by atoms with Crippen LogP contribution >= 0.6 is 43.2 Å². The number of benzene rings is 1. The Kier molecular flexibility index (Phi) is 4.45. The van der Waals surface area contributed by atoms with Crippen molar-refractivity contribution in [2.24, 2.45) is 0 Å². The van der Waals surface area contributed by atoms with Gasteiger partial charge in [-0.25, -0.2) is 4.39 Å². The summed E-state index contributed by atoms with van der Waals surface area (Å²) in [4.78, 5) is 1.21. The van der Waals surface area contributed by atoms with Gasteiger partial charge >= 0.3 is 0 Å². The molecular weight excluding hydrogens is 381 g/mol. The zero-order valence-electron chi connectivity index (χ0n) is 9.93. The third kappa shape index (κ3) is 2.95. The number of halogens is 3. The number of thiophene rings is 1. The van der Waals surface area contributed by atoms with Crippen molar-refractivity contribution in [3.8, 4) is 0 Å². The lowest BCUT2D eigenvalue weighted by Gasteiger charge is -2.17. The molecule has 0 spiro atoms. The van der Waals surface area contributed by atoms with E-state index in [2.05, 4.69) is 44.1 Å². The maximum Gasteiger partial charge on any atom is 0.139 e. The van der Waals surface area contributed by atoms with Crippen LogP contribution in [0.15, 0.2) is 32.5 Å². The summed E-state index contributed by atoms with van der Waals surface area (Å²) in [5.41, 5.74) is 1.84. The molecule has 0 amide bonds. The first-order chi connectivity index (χ1) is 8.49. The van der Waals surface area contributed by atoms with Gasteiger partial charge in [-0.05, 0) is 74.8 Å². The van der Waals surface area contributed by atoms with Crippen molar-refractivity contribution in [2.75, 3.05) is 5.32 Å². The topological polar surface area (TPSA) is 12.0 Å². The minimum Gasteiger partial charge on any atom is -0.377 e. The second-order valence-electron chi connectivity index (χ2n) is 4.08. The lowest BCUT2D eigenvalue weighted by Crippen LogP contribution is -2.07. The Bertz CT molecular complexity index is 568. The third-order valence-corrected chi connectivity index (χ3v) is 5.34. The zero-order chi connectivity index (χ0) is 13.3. The van der Waals surface area contributed by atoms with Crippen LogP contribution in [0.25, 0.3) is 0 Å². The average Bonchev–Trinajstić information content (AvgIpc) is 2.72. The van der Waals surface area contributed by atoms with Crippen molar-refractivity contribution in [2.45, 2.75) is 19.9 Å². The van der Waals surface area contributed by atoms with Gasteiger partial charge in [-0.2, -0.15) is 0 Å². The van der Waals surface area contributed by atoms with Gasteiger partial charge < -0.3 is 5.32 Å². The molecule has 2 aromatic rings. The van der Waals surface area contributed by atoms with E-state index >= 15 is 0 Å². The van der Waals surface area contributed by atoms with E-state index in [0.29, 0.717) is 4.47 Å². The van der Waals surface area contributed by atoms with Crippen LogP contribution in [-0.2, 0) is 0 Å². The highest BCUT2D eigenvalue weighted by Gasteiger charge is 2.13. The summed E-state index contributed by atoms with van der Waals surface area (Å²) < 4.78 is 15.1. The molecule has 0 fully saturated rings. The molecule has 18 heavy (non-hydrogen) atoms. The van der Waals surface area contributed by atoms with Crippen LogP contribution in [0.3, 0.4) is 0 Å². The van der Waals surface area contributed by atoms with E-state index in [0.717, 1.165) is 15.7 Å². The summed E-state index contributed by atoms with van der Waals surface area (Å²) in [7, 11) is 0. The zero-order valence-corrected chi connectivity index (χ0v) is 13.9. The smallest absolute Gasteiger partial charge is 0.139 e. The molecule has 1 unspecified atom stereocenters. The van der Waals surface area contributed by atoms with Crippen molar-refractivity contribution >= 4 is 48.9 Å². The first-order valence-corrected chi connectivity index (χ1v) is 7.90. The van der Waals surface area contributed by atoms with Gasteiger partial charge in [-0.3, -0.25) is 0 Å². The molecular formula is C13H12Br2FNS. The SMILES string of the molecule is Cc1cc(Br)c(F)cc1NC(C)c1sccc1Br. The highest BCUT2D eigenvalue weighted by atomic mass is 79.9. The Morgan fingerprint density at radius 2 is 2.00 bits per heavy atom. The van der Waals surface area contributed by atoms with Crippen molar-refractivity contribution in [3.05, 3.63) is 48.8 Å². The second kappa shape index (κ2) is 5.72. The molecule has 0 aliphatic rings. The molecule has 0 radical (unpaired) electrons. The number of aryl methyl sites for hydroxylation is 1. The largest absolute Gasteiger partial charge is 0.377 e. The van der Waals surface area contributed by atoms with E-state index in [1.807, 2.05) is 18.4 Å². The number of rotatable bonds is 3. The maximum atomic E-state index is 13.5. The number of hydrogen-bond donors (Lipinski definition) is 1. The Labute approximate surface area is 127 Å². The van der Waals surface area contributed by atoms with Crippen molar-refractivity contribution in [1.82, 2.24) is 0 Å². The summed E-state index contributed by atoms with van der Waals surface area (Å²) in [5, 5.41) is 5.38. The summed E-state index contributed by atoms with van der Waals surface area (Å²) in [6, 6.07) is 5.47. The lowest BCUT2D eigenvalue weighted by molar-refractivity contribution is 0.620. The van der Waals surface area contributed by atoms with Crippen LogP contribution in [0.5, 0.6) is 0 Å². The average molecular weight is 393 g/mol. The normalized spacial score (nSPS) is 12.5. The fourth-order valence-electron chi connectivity index (χ4n) is 1.71. The standard InChI is InChI=1S/C13H12Br2FNS/c1-7-5-10(15)11(16)6-12(7)17-8(2)13-9(14)3-4-18-13/h3-6,8,17H,1-2H3. The van der Waals surface area contributed by atoms with Gasteiger partial charge in [0.1, 0.15) is 5.82 Å². The minimum absolute atomic E-state index is 0.138. The molecule has 1 atom stereocenters. The molecule has 0 aliphatic carbocycles. The number of hydrogen-bond acceptors (Lipinski definition) is 2. The highest BCUT2D eigenvalue weighted by Crippen LogP contribution is 2.32. The molecule has 0 saturated carbocycles. The van der Waals surface area contributed by atoms with Gasteiger partial charge in [-0.15, -0.1) is 11.3 Å². The molecule has 1 aromatic carbocycles. The fourth-order valence-corrected chi connectivity index (χ4v) is 3.90. The molecule has 0 aliphatic heterocycles. The van der Waals surface area contributed by atoms with Gasteiger partial charge in [0.25, 0.3) is 0 Å². The van der Waals surface area contributed by atoms with Crippen molar-refractivity contribution in [1.29, 1.82) is 0 Å². The summed E-state index contributed by atoms with van der Waals surface area (Å²) in [6.45, 7) is 4.03. The summed E-state index contributed by atoms with van der Waals surface area (Å²) >= 11 is 8.38. The van der Waals surface area contributed by atoms with E-state index in [1.165, 1.54) is 10.9 Å². The Morgan fingerprint density at radius 3 is 2.61 bits per heavy atom. The van der Waals surface area contributed by atoms with E-state index in [-0.39, 0.29) is 11.9 Å². The Balaban J connectivity index is 2.24. The first kappa shape index (κ1) is 14.0. The van der Waals surface area contributed by atoms with E-state index in [9.17, 15) is 4.39 Å². The van der Waals surface area contributed by atoms with Gasteiger partial charge in [0, 0.05) is 15.0 Å². The van der Waals surface area contributed by atoms with Crippen LogP contribution in [0.2, 0.25) is 0 Å². The number of nitrogens with one attached hydrogen (secondary N) is 1. The molecule has 1 heterocycles. The van der Waals surface area contributed by atoms with Gasteiger partial charge in [0.15, 0.2) is 0 Å². The summed E-state index contributed by atoms with van der Waals surface area (Å²) in [5.74, 6) is -0.249. The maximum absolute atomic E-state index is 13.5. The first-order valence-electron chi connectivity index (χ1n) is 5.44. The van der Waals surface area contributed by atoms with Crippen LogP contribution < -0.4 is 5.32 Å². The van der Waals surface area contributed by atoms with Crippen molar-refractivity contribution < 1.29 is 4.39 Å². The fraction of sp³-hybridized carbons (Fsp3) is 0.231. The van der Waals surface area contributed by atoms with Gasteiger partial charge in [-0.1, -0.05) is 0 Å². The molecule has 1 N–H and O–H groups in total. The molecule has 96 valence electrons. The minimum atomic E-state index is -0.249. The number of anilines is 1. The van der Waals surface area contributed by atoms with E-state index < -0.39 is 0 Å². The van der Waals surface area contributed by atoms with Crippen LogP contribution in [0, 0.1) is 12.7 Å². The van der Waals surface area contributed by atoms with Crippen molar-refractivity contribution in [3.63, 3.8) is 0 Å². The predicted molar refractivity (Wildman–Crippen MR) is 82.9 cm³/mol. The lowest BCUT2D eigenvalue weighted by atomic mass is 10.1. The van der Waals surface area contributed by atoms with E-state index in [1.54, 1.807) is 17.4 Å². The molecule has 2 rings (SSSR count). The second-order valence-corrected chi connectivity index (χ2v) is 6.74. The molecule has 0 saturated heterocycles. The Hall–Kier alpha value is -0.390.